The molecular formula is C21H24Cl2N2O2S. The lowest BCUT2D eigenvalue weighted by atomic mass is 10.1. The zero-order valence-corrected chi connectivity index (χ0v) is 18.3. The molecule has 1 unspecified atom stereocenters. The van der Waals surface area contributed by atoms with Crippen molar-refractivity contribution < 1.29 is 9.59 Å². The van der Waals surface area contributed by atoms with Crippen LogP contribution in [0.1, 0.15) is 25.0 Å². The van der Waals surface area contributed by atoms with E-state index in [-0.39, 0.29) is 17.6 Å². The van der Waals surface area contributed by atoms with Crippen molar-refractivity contribution in [3.8, 4) is 0 Å². The third kappa shape index (κ3) is 7.04. The molecule has 0 heterocycles. The molecule has 1 N–H and O–H groups in total. The maximum absolute atomic E-state index is 12.9. The van der Waals surface area contributed by atoms with E-state index in [2.05, 4.69) is 5.32 Å². The number of nitrogens with zero attached hydrogens (tertiary/aromatic N) is 1. The smallest absolute Gasteiger partial charge is 0.242 e. The number of nitrogens with one attached hydrogen (secondary N) is 1. The summed E-state index contributed by atoms with van der Waals surface area (Å²) in [5.74, 6) is 0.687. The van der Waals surface area contributed by atoms with Crippen LogP contribution in [0.4, 0.5) is 0 Å². The van der Waals surface area contributed by atoms with Crippen molar-refractivity contribution in [3.63, 3.8) is 0 Å². The summed E-state index contributed by atoms with van der Waals surface area (Å²) in [6.07, 6.45) is 0. The van der Waals surface area contributed by atoms with Gasteiger partial charge in [0.15, 0.2) is 0 Å². The zero-order valence-electron chi connectivity index (χ0n) is 16.0. The van der Waals surface area contributed by atoms with Crippen LogP contribution >= 0.6 is 35.0 Å². The molecular weight excluding hydrogens is 415 g/mol. The zero-order chi connectivity index (χ0) is 20.5. The fourth-order valence-electron chi connectivity index (χ4n) is 2.70. The number of likely N-dealkylation sites (N-methyl/N-ethyl adjacent to an activating group) is 1. The van der Waals surface area contributed by atoms with Crippen LogP contribution in [-0.4, -0.2) is 35.1 Å². The van der Waals surface area contributed by atoms with Gasteiger partial charge in [-0.3, -0.25) is 9.59 Å². The molecule has 1 atom stereocenters. The molecule has 2 rings (SSSR count). The van der Waals surface area contributed by atoms with Gasteiger partial charge in [0.1, 0.15) is 6.04 Å². The number of carbonyl (C=O) groups is 2. The van der Waals surface area contributed by atoms with Gasteiger partial charge in [0, 0.05) is 28.9 Å². The highest BCUT2D eigenvalue weighted by atomic mass is 35.5. The standard InChI is InChI=1S/C21H24Cl2N2O2S/c1-3-24-21(27)15(2)25(12-16-6-4-8-18(22)10-16)20(26)14-28-13-17-7-5-9-19(23)11-17/h4-11,15H,3,12-14H2,1-2H3,(H,24,27). The van der Waals surface area contributed by atoms with Crippen LogP contribution in [0.2, 0.25) is 10.0 Å². The van der Waals surface area contributed by atoms with Crippen molar-refractivity contribution >= 4 is 46.8 Å². The van der Waals surface area contributed by atoms with Crippen molar-refractivity contribution in [3.05, 3.63) is 69.7 Å². The maximum atomic E-state index is 12.9. The molecule has 0 aliphatic rings. The Bertz CT molecular complexity index is 816. The van der Waals surface area contributed by atoms with Crippen molar-refractivity contribution in [2.45, 2.75) is 32.2 Å². The second-order valence-electron chi connectivity index (χ2n) is 6.34. The van der Waals surface area contributed by atoms with Crippen molar-refractivity contribution in [1.29, 1.82) is 0 Å². The second-order valence-corrected chi connectivity index (χ2v) is 8.20. The average Bonchev–Trinajstić information content (AvgIpc) is 2.66. The quantitative estimate of drug-likeness (QED) is 0.612. The monoisotopic (exact) mass is 438 g/mol. The van der Waals surface area contributed by atoms with Gasteiger partial charge in [-0.25, -0.2) is 0 Å². The van der Waals surface area contributed by atoms with Crippen molar-refractivity contribution in [2.75, 3.05) is 12.3 Å². The van der Waals surface area contributed by atoms with Crippen LogP contribution in [0, 0.1) is 0 Å². The number of hydrogen-bond donors (Lipinski definition) is 1. The molecule has 7 heteroatoms. The Labute approximate surface area is 180 Å². The molecule has 0 spiro atoms. The van der Waals surface area contributed by atoms with Gasteiger partial charge in [-0.1, -0.05) is 47.5 Å². The predicted octanol–water partition coefficient (Wildman–Crippen LogP) is 4.78. The van der Waals surface area contributed by atoms with Gasteiger partial charge >= 0.3 is 0 Å². The van der Waals surface area contributed by atoms with Crippen LogP contribution < -0.4 is 5.32 Å². The predicted molar refractivity (Wildman–Crippen MR) is 118 cm³/mol. The molecule has 0 aromatic heterocycles. The highest BCUT2D eigenvalue weighted by molar-refractivity contribution is 7.99. The van der Waals surface area contributed by atoms with Gasteiger partial charge in [-0.05, 0) is 49.2 Å². The molecule has 28 heavy (non-hydrogen) atoms. The first-order valence-electron chi connectivity index (χ1n) is 9.04. The highest BCUT2D eigenvalue weighted by Gasteiger charge is 2.25. The number of carbonyl (C=O) groups excluding carboxylic acids is 2. The number of rotatable bonds is 9. The number of amides is 2. The molecule has 2 aromatic carbocycles. The fourth-order valence-corrected chi connectivity index (χ4v) is 3.99. The third-order valence-electron chi connectivity index (χ3n) is 4.14. The average molecular weight is 439 g/mol. The first-order valence-corrected chi connectivity index (χ1v) is 11.0. The van der Waals surface area contributed by atoms with Gasteiger partial charge in [-0.2, -0.15) is 0 Å². The molecule has 4 nitrogen and oxygen atoms in total. The van der Waals surface area contributed by atoms with E-state index in [1.54, 1.807) is 17.9 Å². The number of benzene rings is 2. The Morgan fingerprint density at radius 2 is 1.68 bits per heavy atom. The van der Waals surface area contributed by atoms with Crippen LogP contribution in [0.15, 0.2) is 48.5 Å². The Morgan fingerprint density at radius 3 is 2.29 bits per heavy atom. The van der Waals surface area contributed by atoms with Crippen molar-refractivity contribution in [2.24, 2.45) is 0 Å². The summed E-state index contributed by atoms with van der Waals surface area (Å²) >= 11 is 13.6. The van der Waals surface area contributed by atoms with E-state index in [9.17, 15) is 9.59 Å². The minimum atomic E-state index is -0.571. The van der Waals surface area contributed by atoms with E-state index in [1.165, 1.54) is 11.8 Å². The van der Waals surface area contributed by atoms with Gasteiger partial charge < -0.3 is 10.2 Å². The van der Waals surface area contributed by atoms with E-state index >= 15 is 0 Å². The van der Waals surface area contributed by atoms with Gasteiger partial charge in [-0.15, -0.1) is 11.8 Å². The molecule has 2 amide bonds. The number of halogens is 2. The molecule has 0 aliphatic heterocycles. The second kappa shape index (κ2) is 11.3. The van der Waals surface area contributed by atoms with E-state index in [1.807, 2.05) is 49.4 Å². The molecule has 0 aliphatic carbocycles. The summed E-state index contributed by atoms with van der Waals surface area (Å²) in [7, 11) is 0. The van der Waals surface area contributed by atoms with E-state index < -0.39 is 6.04 Å². The van der Waals surface area contributed by atoms with Crippen LogP contribution in [0.3, 0.4) is 0 Å². The number of hydrogen-bond acceptors (Lipinski definition) is 3. The SMILES string of the molecule is CCNC(=O)C(C)N(Cc1cccc(Cl)c1)C(=O)CSCc1cccc(Cl)c1. The number of thioether (sulfide) groups is 1. The van der Waals surface area contributed by atoms with E-state index in [4.69, 9.17) is 23.2 Å². The molecule has 0 saturated heterocycles. The fraction of sp³-hybridized carbons (Fsp3) is 0.333. The minimum absolute atomic E-state index is 0.0919. The Morgan fingerprint density at radius 1 is 1.07 bits per heavy atom. The molecule has 0 radical (unpaired) electrons. The molecule has 0 fully saturated rings. The molecule has 0 bridgehead atoms. The lowest BCUT2D eigenvalue weighted by molar-refractivity contribution is -0.138. The first kappa shape index (κ1) is 22.6. The maximum Gasteiger partial charge on any atom is 0.242 e. The Balaban J connectivity index is 2.05. The lowest BCUT2D eigenvalue weighted by Gasteiger charge is -2.28. The summed E-state index contributed by atoms with van der Waals surface area (Å²) in [6.45, 7) is 4.45. The third-order valence-corrected chi connectivity index (χ3v) is 5.60. The van der Waals surface area contributed by atoms with E-state index in [0.717, 1.165) is 11.1 Å². The minimum Gasteiger partial charge on any atom is -0.355 e. The Kier molecular flexibility index (Phi) is 9.16. The van der Waals surface area contributed by atoms with Crippen molar-refractivity contribution in [1.82, 2.24) is 10.2 Å². The normalized spacial score (nSPS) is 11.7. The first-order chi connectivity index (χ1) is 13.4. The van der Waals surface area contributed by atoms with Gasteiger partial charge in [0.05, 0.1) is 5.75 Å². The van der Waals surface area contributed by atoms with Crippen LogP contribution in [0.5, 0.6) is 0 Å². The largest absolute Gasteiger partial charge is 0.355 e. The Hall–Kier alpha value is -1.69. The van der Waals surface area contributed by atoms with Gasteiger partial charge in [0.25, 0.3) is 0 Å². The summed E-state index contributed by atoms with van der Waals surface area (Å²) in [5.41, 5.74) is 1.94. The summed E-state index contributed by atoms with van der Waals surface area (Å²) < 4.78 is 0. The topological polar surface area (TPSA) is 49.4 Å². The lowest BCUT2D eigenvalue weighted by Crippen LogP contribution is -2.48. The molecule has 2 aromatic rings. The summed E-state index contributed by atoms with van der Waals surface area (Å²) in [6, 6.07) is 14.3. The summed E-state index contributed by atoms with van der Waals surface area (Å²) in [4.78, 5) is 26.8. The van der Waals surface area contributed by atoms with Gasteiger partial charge in [0.2, 0.25) is 11.8 Å². The molecule has 0 saturated carbocycles. The highest BCUT2D eigenvalue weighted by Crippen LogP contribution is 2.19. The van der Waals surface area contributed by atoms with Crippen LogP contribution in [0.25, 0.3) is 0 Å². The summed E-state index contributed by atoms with van der Waals surface area (Å²) in [5, 5.41) is 4.07. The molecule has 150 valence electrons. The van der Waals surface area contributed by atoms with Crippen LogP contribution in [-0.2, 0) is 21.9 Å². The van der Waals surface area contributed by atoms with E-state index in [0.29, 0.717) is 28.9 Å².